The molecule has 0 spiro atoms. The van der Waals surface area contributed by atoms with Crippen molar-refractivity contribution in [1.82, 2.24) is 0 Å². The van der Waals surface area contributed by atoms with Gasteiger partial charge in [-0.25, -0.2) is 0 Å². The van der Waals surface area contributed by atoms with Crippen LogP contribution in [-0.4, -0.2) is 30.0 Å². The van der Waals surface area contributed by atoms with Gasteiger partial charge in [0.2, 0.25) is 0 Å². The molecule has 3 atom stereocenters. The summed E-state index contributed by atoms with van der Waals surface area (Å²) in [5.74, 6) is -2.11. The van der Waals surface area contributed by atoms with Crippen LogP contribution in [0.3, 0.4) is 0 Å². The first-order chi connectivity index (χ1) is 10.4. The highest BCUT2D eigenvalue weighted by molar-refractivity contribution is 5.97. The topological polar surface area (TPSA) is 112 Å². The lowest BCUT2D eigenvalue weighted by molar-refractivity contribution is -0.147. The van der Waals surface area contributed by atoms with Crippen molar-refractivity contribution in [1.29, 1.82) is 0 Å². The zero-order valence-electron chi connectivity index (χ0n) is 12.8. The Hall–Kier alpha value is -2.37. The molecule has 0 aliphatic rings. The summed E-state index contributed by atoms with van der Waals surface area (Å²) in [6.45, 7) is 3.02. The molecule has 0 bridgehead atoms. The average Bonchev–Trinajstić information content (AvgIpc) is 2.54. The molecule has 1 aromatic carbocycles. The maximum atomic E-state index is 12.2. The number of hydrogen-bond acceptors (Lipinski definition) is 5. The zero-order valence-corrected chi connectivity index (χ0v) is 12.8. The summed E-state index contributed by atoms with van der Waals surface area (Å²) < 4.78 is 4.47. The van der Waals surface area contributed by atoms with E-state index in [0.29, 0.717) is 5.56 Å². The monoisotopic (exact) mass is 305 g/mol. The number of Topliss-reactive ketones (excluding diaryl/α,β-unsaturated/α-hetero) is 1. The highest BCUT2D eigenvalue weighted by atomic mass is 16.5. The van der Waals surface area contributed by atoms with Crippen molar-refractivity contribution in [3.8, 4) is 0 Å². The van der Waals surface area contributed by atoms with Crippen molar-refractivity contribution in [3.63, 3.8) is 0 Å². The van der Waals surface area contributed by atoms with Crippen LogP contribution in [0.5, 0.6) is 0 Å². The Morgan fingerprint density at radius 2 is 1.95 bits per heavy atom. The van der Waals surface area contributed by atoms with Gasteiger partial charge < -0.3 is 9.84 Å². The fourth-order valence-electron chi connectivity index (χ4n) is 2.34. The van der Waals surface area contributed by atoms with Crippen molar-refractivity contribution < 1.29 is 19.4 Å². The van der Waals surface area contributed by atoms with Gasteiger partial charge in [-0.05, 0) is 11.1 Å². The van der Waals surface area contributed by atoms with Gasteiger partial charge in [0, 0.05) is 10.8 Å². The van der Waals surface area contributed by atoms with Crippen molar-refractivity contribution in [3.05, 3.63) is 46.3 Å². The molecule has 0 saturated heterocycles. The number of benzene rings is 1. The van der Waals surface area contributed by atoms with Crippen LogP contribution < -0.4 is 0 Å². The number of hydrogen-bond donors (Lipinski definition) is 1. The molecule has 22 heavy (non-hydrogen) atoms. The maximum absolute atomic E-state index is 12.2. The Morgan fingerprint density at radius 1 is 1.36 bits per heavy atom. The molecule has 0 aromatic heterocycles. The molecule has 1 N–H and O–H groups in total. The molecule has 0 radical (unpaired) electrons. The number of esters is 1. The normalized spacial score (nSPS) is 15.8. The number of azide groups is 1. The summed E-state index contributed by atoms with van der Waals surface area (Å²) in [5.41, 5.74) is 7.37. The lowest BCUT2D eigenvalue weighted by atomic mass is 9.75. The highest BCUT2D eigenvalue weighted by Gasteiger charge is 2.44. The zero-order chi connectivity index (χ0) is 16.8. The summed E-state index contributed by atoms with van der Waals surface area (Å²) in [7, 11) is 1.19. The first-order valence-corrected chi connectivity index (χ1v) is 6.79. The van der Waals surface area contributed by atoms with Crippen LogP contribution in [0.15, 0.2) is 35.4 Å². The summed E-state index contributed by atoms with van der Waals surface area (Å²) in [4.78, 5) is 26.2. The van der Waals surface area contributed by atoms with E-state index in [-0.39, 0.29) is 0 Å². The standard InChI is InChI=1S/C15H19N3O4/c1-10(13(19)9-14(20)22-3)15(21,11(2)17-18-16)12-7-5-4-6-8-12/h4-8,10-11,21H,9H2,1-3H3. The predicted octanol–water partition coefficient (Wildman–Crippen LogP) is 2.34. The lowest BCUT2D eigenvalue weighted by Crippen LogP contribution is -2.46. The second-order valence-corrected chi connectivity index (χ2v) is 5.01. The molecule has 0 saturated carbocycles. The Morgan fingerprint density at radius 3 is 2.45 bits per heavy atom. The Bertz CT molecular complexity index is 584. The van der Waals surface area contributed by atoms with E-state index in [1.807, 2.05) is 0 Å². The molecule has 0 aliphatic heterocycles. The van der Waals surface area contributed by atoms with Crippen LogP contribution >= 0.6 is 0 Å². The van der Waals surface area contributed by atoms with Crippen molar-refractivity contribution >= 4 is 11.8 Å². The predicted molar refractivity (Wildman–Crippen MR) is 79.8 cm³/mol. The summed E-state index contributed by atoms with van der Waals surface area (Å²) >= 11 is 0. The van der Waals surface area contributed by atoms with Crippen molar-refractivity contribution in [2.24, 2.45) is 11.0 Å². The lowest BCUT2D eigenvalue weighted by Gasteiger charge is -2.37. The second-order valence-electron chi connectivity index (χ2n) is 5.01. The Labute approximate surface area is 128 Å². The van der Waals surface area contributed by atoms with Crippen molar-refractivity contribution in [2.45, 2.75) is 31.9 Å². The molecule has 7 nitrogen and oxygen atoms in total. The molecule has 1 aromatic rings. The summed E-state index contributed by atoms with van der Waals surface area (Å²) in [6, 6.07) is 7.58. The molecular formula is C15H19N3O4. The van der Waals surface area contributed by atoms with E-state index >= 15 is 0 Å². The van der Waals surface area contributed by atoms with Crippen molar-refractivity contribution in [2.75, 3.05) is 7.11 Å². The van der Waals surface area contributed by atoms with E-state index in [0.717, 1.165) is 0 Å². The van der Waals surface area contributed by atoms with E-state index in [4.69, 9.17) is 5.53 Å². The molecule has 1 rings (SSSR count). The third-order valence-corrected chi connectivity index (χ3v) is 3.79. The van der Waals surface area contributed by atoms with Crippen LogP contribution in [0.4, 0.5) is 0 Å². The number of ketones is 1. The van der Waals surface area contributed by atoms with Gasteiger partial charge in [0.05, 0.1) is 13.2 Å². The van der Waals surface area contributed by atoms with Crippen LogP contribution in [0.1, 0.15) is 25.8 Å². The maximum Gasteiger partial charge on any atom is 0.313 e. The van der Waals surface area contributed by atoms with E-state index < -0.39 is 35.7 Å². The third-order valence-electron chi connectivity index (χ3n) is 3.79. The van der Waals surface area contributed by atoms with Gasteiger partial charge >= 0.3 is 5.97 Å². The quantitative estimate of drug-likeness (QED) is 0.274. The summed E-state index contributed by atoms with van der Waals surface area (Å²) in [6.07, 6.45) is -0.449. The van der Waals surface area contributed by atoms with Crippen LogP contribution in [0, 0.1) is 5.92 Å². The first-order valence-electron chi connectivity index (χ1n) is 6.79. The van der Waals surface area contributed by atoms with Gasteiger partial charge in [0.25, 0.3) is 0 Å². The molecule has 0 aliphatic carbocycles. The van der Waals surface area contributed by atoms with Gasteiger partial charge in [-0.2, -0.15) is 0 Å². The number of nitrogens with zero attached hydrogens (tertiary/aromatic N) is 3. The third kappa shape index (κ3) is 3.63. The summed E-state index contributed by atoms with van der Waals surface area (Å²) in [5, 5.41) is 14.6. The molecular weight excluding hydrogens is 286 g/mol. The van der Waals surface area contributed by atoms with Gasteiger partial charge in [-0.1, -0.05) is 49.3 Å². The fourth-order valence-corrected chi connectivity index (χ4v) is 2.34. The number of ether oxygens (including phenoxy) is 1. The molecule has 0 amide bonds. The second kappa shape index (κ2) is 7.59. The van der Waals surface area contributed by atoms with Crippen LogP contribution in [0.2, 0.25) is 0 Å². The Kier molecular flexibility index (Phi) is 6.10. The van der Waals surface area contributed by atoms with Gasteiger partial charge in [0.15, 0.2) is 0 Å². The SMILES string of the molecule is COC(=O)CC(=O)C(C)C(O)(c1ccccc1)C(C)N=[N+]=[N-]. The smallest absolute Gasteiger partial charge is 0.313 e. The van der Waals surface area contributed by atoms with Crippen LogP contribution in [0.25, 0.3) is 10.4 Å². The number of aliphatic hydroxyl groups is 1. The molecule has 7 heteroatoms. The number of rotatable bonds is 7. The van der Waals surface area contributed by atoms with Gasteiger partial charge in [-0.3, -0.25) is 9.59 Å². The van der Waals surface area contributed by atoms with E-state index in [9.17, 15) is 14.7 Å². The van der Waals surface area contributed by atoms with Gasteiger partial charge in [0.1, 0.15) is 17.8 Å². The molecule has 118 valence electrons. The molecule has 0 fully saturated rings. The largest absolute Gasteiger partial charge is 0.469 e. The molecule has 0 heterocycles. The van der Waals surface area contributed by atoms with Crippen LogP contribution in [-0.2, 0) is 19.9 Å². The van der Waals surface area contributed by atoms with E-state index in [1.165, 1.54) is 21.0 Å². The highest BCUT2D eigenvalue weighted by Crippen LogP contribution is 2.36. The average molecular weight is 305 g/mol. The minimum absolute atomic E-state index is 0.445. The minimum atomic E-state index is -1.71. The number of carbonyl (C=O) groups is 2. The Balaban J connectivity index is 3.23. The fraction of sp³-hybridized carbons (Fsp3) is 0.467. The minimum Gasteiger partial charge on any atom is -0.469 e. The van der Waals surface area contributed by atoms with E-state index in [1.54, 1.807) is 30.3 Å². The van der Waals surface area contributed by atoms with Gasteiger partial charge in [-0.15, -0.1) is 0 Å². The molecule has 3 unspecified atom stereocenters. The number of methoxy groups -OCH3 is 1. The van der Waals surface area contributed by atoms with E-state index in [2.05, 4.69) is 14.8 Å². The first kappa shape index (κ1) is 17.7. The number of carbonyl (C=O) groups excluding carboxylic acids is 2.